The summed E-state index contributed by atoms with van der Waals surface area (Å²) in [6.07, 6.45) is 5.54. The first-order chi connectivity index (χ1) is 6.24. The number of hydrogen-bond acceptors (Lipinski definition) is 3. The van der Waals surface area contributed by atoms with E-state index in [9.17, 15) is 10.1 Å². The Balaban J connectivity index is 2.44. The van der Waals surface area contributed by atoms with Crippen LogP contribution in [0.1, 0.15) is 31.9 Å². The normalized spacial score (nSPS) is 10.2. The summed E-state index contributed by atoms with van der Waals surface area (Å²) in [4.78, 5) is 11.0. The molecule has 1 rings (SSSR count). The smallest absolute Gasteiger partial charge is 0.180 e. The van der Waals surface area contributed by atoms with Crippen LogP contribution >= 0.6 is 0 Å². The van der Waals surface area contributed by atoms with Crippen LogP contribution in [0.5, 0.6) is 0 Å². The molecule has 13 heavy (non-hydrogen) atoms. The van der Waals surface area contributed by atoms with Crippen molar-refractivity contribution in [3.8, 4) is 0 Å². The highest BCUT2D eigenvalue weighted by molar-refractivity contribution is 4.97. The summed E-state index contributed by atoms with van der Waals surface area (Å²) in [5.74, 6) is 0. The molecule has 0 atom stereocenters. The Labute approximate surface area is 76.5 Å². The fourth-order valence-electron chi connectivity index (χ4n) is 1.13. The molecule has 0 aliphatic rings. The van der Waals surface area contributed by atoms with Crippen molar-refractivity contribution < 1.29 is 5.03 Å². The third-order valence-corrected chi connectivity index (χ3v) is 1.83. The zero-order valence-corrected chi connectivity index (χ0v) is 7.64. The van der Waals surface area contributed by atoms with Crippen LogP contribution in [-0.2, 0) is 6.42 Å². The molecule has 1 aromatic heterocycles. The highest BCUT2D eigenvalue weighted by Gasteiger charge is 2.07. The predicted octanol–water partition coefficient (Wildman–Crippen LogP) is 1.66. The predicted molar refractivity (Wildman–Crippen MR) is 47.8 cm³/mol. The van der Waals surface area contributed by atoms with Crippen LogP contribution in [-0.4, -0.2) is 14.9 Å². The third-order valence-electron chi connectivity index (χ3n) is 1.83. The molecular formula is C8H13N3O2. The summed E-state index contributed by atoms with van der Waals surface area (Å²) in [5.41, 5.74) is 0.796. The minimum Gasteiger partial charge on any atom is -0.339 e. The molecule has 0 fully saturated rings. The molecule has 0 aromatic carbocycles. The van der Waals surface area contributed by atoms with Gasteiger partial charge in [0.15, 0.2) is 5.69 Å². The van der Waals surface area contributed by atoms with E-state index in [1.165, 1.54) is 6.20 Å². The number of hydrogen-bond donors (Lipinski definition) is 0. The molecule has 5 nitrogen and oxygen atoms in total. The van der Waals surface area contributed by atoms with E-state index in [2.05, 4.69) is 12.0 Å². The standard InChI is InChI=1S/C8H13N3O2/c1-2-3-4-5-8-6-7-10(9-8)11(12)13/h6-7H,2-5H2,1H3. The summed E-state index contributed by atoms with van der Waals surface area (Å²) >= 11 is 0. The minimum atomic E-state index is -0.538. The summed E-state index contributed by atoms with van der Waals surface area (Å²) in [5, 5.41) is 13.5. The van der Waals surface area contributed by atoms with Gasteiger partial charge >= 0.3 is 0 Å². The Hall–Kier alpha value is -1.39. The van der Waals surface area contributed by atoms with E-state index in [4.69, 9.17) is 0 Å². The SMILES string of the molecule is CCCCCc1ccn([N+](=O)[O-])n1. The Morgan fingerprint density at radius 1 is 1.62 bits per heavy atom. The average Bonchev–Trinajstić information content (AvgIpc) is 2.53. The summed E-state index contributed by atoms with van der Waals surface area (Å²) in [6, 6.07) is 1.69. The van der Waals surface area contributed by atoms with E-state index in [-0.39, 0.29) is 0 Å². The molecule has 0 unspecified atom stereocenters. The van der Waals surface area contributed by atoms with Gasteiger partial charge in [-0.2, -0.15) is 0 Å². The molecule has 0 saturated carbocycles. The molecule has 0 radical (unpaired) electrons. The van der Waals surface area contributed by atoms with Crippen LogP contribution < -0.4 is 0 Å². The highest BCUT2D eigenvalue weighted by Crippen LogP contribution is 2.03. The minimum absolute atomic E-state index is 0.538. The zero-order chi connectivity index (χ0) is 9.68. The van der Waals surface area contributed by atoms with Gasteiger partial charge in [0.25, 0.3) is 0 Å². The summed E-state index contributed by atoms with van der Waals surface area (Å²) in [6.45, 7) is 2.12. The molecule has 0 saturated heterocycles. The van der Waals surface area contributed by atoms with Crippen molar-refractivity contribution in [3.63, 3.8) is 0 Å². The Kier molecular flexibility index (Phi) is 3.42. The van der Waals surface area contributed by atoms with E-state index >= 15 is 0 Å². The maximum absolute atomic E-state index is 10.3. The van der Waals surface area contributed by atoms with Crippen LogP contribution in [0.3, 0.4) is 0 Å². The molecule has 0 aliphatic carbocycles. The van der Waals surface area contributed by atoms with E-state index < -0.39 is 5.03 Å². The summed E-state index contributed by atoms with van der Waals surface area (Å²) in [7, 11) is 0. The molecule has 1 heterocycles. The van der Waals surface area contributed by atoms with Gasteiger partial charge in [-0.3, -0.25) is 0 Å². The number of nitrogens with zero attached hydrogens (tertiary/aromatic N) is 3. The number of rotatable bonds is 5. The number of unbranched alkanes of at least 4 members (excludes halogenated alkanes) is 2. The van der Waals surface area contributed by atoms with Gasteiger partial charge in [0.1, 0.15) is 6.20 Å². The van der Waals surface area contributed by atoms with Gasteiger partial charge in [-0.15, -0.1) is 0 Å². The van der Waals surface area contributed by atoms with Crippen molar-refractivity contribution in [2.24, 2.45) is 0 Å². The molecule has 0 spiro atoms. The van der Waals surface area contributed by atoms with Gasteiger partial charge in [-0.05, 0) is 6.42 Å². The molecule has 0 amide bonds. The highest BCUT2D eigenvalue weighted by atomic mass is 16.7. The van der Waals surface area contributed by atoms with Crippen LogP contribution in [0.15, 0.2) is 12.3 Å². The molecular weight excluding hydrogens is 170 g/mol. The fraction of sp³-hybridized carbons (Fsp3) is 0.625. The average molecular weight is 183 g/mol. The second kappa shape index (κ2) is 4.59. The second-order valence-electron chi connectivity index (χ2n) is 2.92. The van der Waals surface area contributed by atoms with Gasteiger partial charge < -0.3 is 10.1 Å². The van der Waals surface area contributed by atoms with Crippen LogP contribution in [0.25, 0.3) is 0 Å². The van der Waals surface area contributed by atoms with E-state index in [1.54, 1.807) is 6.07 Å². The van der Waals surface area contributed by atoms with Gasteiger partial charge in [0.05, 0.1) is 5.03 Å². The zero-order valence-electron chi connectivity index (χ0n) is 7.64. The van der Waals surface area contributed by atoms with E-state index in [1.807, 2.05) is 0 Å². The monoisotopic (exact) mass is 183 g/mol. The lowest BCUT2D eigenvalue weighted by Gasteiger charge is -1.90. The molecule has 72 valence electrons. The Morgan fingerprint density at radius 2 is 2.38 bits per heavy atom. The van der Waals surface area contributed by atoms with Crippen molar-refractivity contribution in [1.82, 2.24) is 9.89 Å². The van der Waals surface area contributed by atoms with E-state index in [0.29, 0.717) is 0 Å². The fourth-order valence-corrected chi connectivity index (χ4v) is 1.13. The maximum Gasteiger partial charge on any atom is 0.180 e. The largest absolute Gasteiger partial charge is 0.339 e. The number of aromatic nitrogens is 2. The second-order valence-corrected chi connectivity index (χ2v) is 2.92. The number of aryl methyl sites for hydroxylation is 1. The van der Waals surface area contributed by atoms with Crippen molar-refractivity contribution in [2.45, 2.75) is 32.6 Å². The Morgan fingerprint density at radius 3 is 2.92 bits per heavy atom. The first kappa shape index (κ1) is 9.70. The van der Waals surface area contributed by atoms with E-state index in [0.717, 1.165) is 36.2 Å². The number of nitro groups is 1. The molecule has 1 aromatic rings. The Bertz CT molecular complexity index is 283. The van der Waals surface area contributed by atoms with Gasteiger partial charge in [0, 0.05) is 22.4 Å². The van der Waals surface area contributed by atoms with Crippen molar-refractivity contribution in [3.05, 3.63) is 28.1 Å². The molecule has 0 N–H and O–H groups in total. The van der Waals surface area contributed by atoms with Crippen LogP contribution in [0.4, 0.5) is 0 Å². The van der Waals surface area contributed by atoms with Crippen LogP contribution in [0, 0.1) is 10.1 Å². The maximum atomic E-state index is 10.3. The lowest BCUT2D eigenvalue weighted by atomic mass is 10.2. The van der Waals surface area contributed by atoms with Crippen molar-refractivity contribution in [2.75, 3.05) is 0 Å². The van der Waals surface area contributed by atoms with Crippen LogP contribution in [0.2, 0.25) is 0 Å². The molecule has 0 bridgehead atoms. The molecule has 0 aliphatic heterocycles. The quantitative estimate of drug-likeness (QED) is 0.396. The first-order valence-electron chi connectivity index (χ1n) is 4.43. The third kappa shape index (κ3) is 2.85. The topological polar surface area (TPSA) is 61.0 Å². The lowest BCUT2D eigenvalue weighted by Crippen LogP contribution is -2.09. The van der Waals surface area contributed by atoms with Crippen molar-refractivity contribution >= 4 is 0 Å². The van der Waals surface area contributed by atoms with Gasteiger partial charge in [0.2, 0.25) is 0 Å². The van der Waals surface area contributed by atoms with Crippen molar-refractivity contribution in [1.29, 1.82) is 0 Å². The lowest BCUT2D eigenvalue weighted by molar-refractivity contribution is -0.552. The summed E-state index contributed by atoms with van der Waals surface area (Å²) < 4.78 is 0. The first-order valence-corrected chi connectivity index (χ1v) is 4.43. The molecule has 5 heteroatoms. The van der Waals surface area contributed by atoms with Gasteiger partial charge in [-0.25, -0.2) is 0 Å². The van der Waals surface area contributed by atoms with Gasteiger partial charge in [-0.1, -0.05) is 19.8 Å².